The van der Waals surface area contributed by atoms with Crippen molar-refractivity contribution in [2.75, 3.05) is 6.61 Å². The maximum absolute atomic E-state index is 9.43. The van der Waals surface area contributed by atoms with E-state index in [1.807, 2.05) is 11.1 Å². The SMILES string of the molecule is CC(C)[C@H](C=C[C@@H](C)[C@H]1CC[C@H]2C3=C(CC[C@]12C)[C@@]1(C)CCCCC1CC3)CCO. The zero-order valence-electron chi connectivity index (χ0n) is 20.6. The molecule has 1 heteroatoms. The number of aliphatic hydroxyl groups is 1. The lowest BCUT2D eigenvalue weighted by Crippen LogP contribution is -2.43. The molecule has 170 valence electrons. The van der Waals surface area contributed by atoms with Crippen LogP contribution in [0.15, 0.2) is 23.3 Å². The van der Waals surface area contributed by atoms with Crippen LogP contribution in [0.3, 0.4) is 0 Å². The smallest absolute Gasteiger partial charge is 0.0436 e. The fraction of sp³-hybridized carbons (Fsp3) is 0.862. The Labute approximate surface area is 186 Å². The molecule has 0 aromatic carbocycles. The second-order valence-electron chi connectivity index (χ2n) is 12.3. The maximum atomic E-state index is 9.43. The predicted octanol–water partition coefficient (Wildman–Crippen LogP) is 7.95. The number of hydrogen-bond donors (Lipinski definition) is 1. The number of hydrogen-bond acceptors (Lipinski definition) is 1. The minimum absolute atomic E-state index is 0.307. The Morgan fingerprint density at radius 1 is 0.967 bits per heavy atom. The Morgan fingerprint density at radius 2 is 1.77 bits per heavy atom. The van der Waals surface area contributed by atoms with Gasteiger partial charge in [0.1, 0.15) is 0 Å². The van der Waals surface area contributed by atoms with Gasteiger partial charge in [-0.05, 0) is 104 Å². The van der Waals surface area contributed by atoms with Crippen molar-refractivity contribution in [3.8, 4) is 0 Å². The summed E-state index contributed by atoms with van der Waals surface area (Å²) in [6.45, 7) is 12.7. The van der Waals surface area contributed by atoms with E-state index in [9.17, 15) is 5.11 Å². The Hall–Kier alpha value is -0.560. The third kappa shape index (κ3) is 3.76. The summed E-state index contributed by atoms with van der Waals surface area (Å²) in [5.41, 5.74) is 4.95. The third-order valence-electron chi connectivity index (χ3n) is 10.6. The van der Waals surface area contributed by atoms with E-state index < -0.39 is 0 Å². The van der Waals surface area contributed by atoms with Gasteiger partial charge in [-0.2, -0.15) is 0 Å². The molecule has 0 saturated heterocycles. The monoisotopic (exact) mass is 412 g/mol. The minimum atomic E-state index is 0.307. The van der Waals surface area contributed by atoms with Crippen molar-refractivity contribution in [3.63, 3.8) is 0 Å². The minimum Gasteiger partial charge on any atom is -0.396 e. The molecule has 0 aliphatic heterocycles. The fourth-order valence-electron chi connectivity index (χ4n) is 8.65. The summed E-state index contributed by atoms with van der Waals surface area (Å²) in [6, 6.07) is 0. The van der Waals surface area contributed by atoms with E-state index in [1.165, 1.54) is 64.2 Å². The van der Waals surface area contributed by atoms with Crippen LogP contribution in [0, 0.1) is 46.3 Å². The van der Waals surface area contributed by atoms with Crippen LogP contribution in [0.4, 0.5) is 0 Å². The molecule has 0 aromatic rings. The molecule has 4 aliphatic carbocycles. The summed E-state index contributed by atoms with van der Waals surface area (Å²) in [4.78, 5) is 0. The van der Waals surface area contributed by atoms with Gasteiger partial charge >= 0.3 is 0 Å². The van der Waals surface area contributed by atoms with E-state index in [1.54, 1.807) is 0 Å². The van der Waals surface area contributed by atoms with Gasteiger partial charge < -0.3 is 5.11 Å². The van der Waals surface area contributed by atoms with Crippen LogP contribution in [-0.2, 0) is 0 Å². The van der Waals surface area contributed by atoms with Crippen molar-refractivity contribution in [1.82, 2.24) is 0 Å². The zero-order chi connectivity index (χ0) is 21.5. The lowest BCUT2D eigenvalue weighted by Gasteiger charge is -2.54. The van der Waals surface area contributed by atoms with E-state index in [0.717, 1.165) is 24.2 Å². The van der Waals surface area contributed by atoms with Gasteiger partial charge in [0, 0.05) is 6.61 Å². The zero-order valence-corrected chi connectivity index (χ0v) is 20.6. The highest BCUT2D eigenvalue weighted by Crippen LogP contribution is 2.65. The van der Waals surface area contributed by atoms with Crippen molar-refractivity contribution >= 4 is 0 Å². The normalized spacial score (nSPS) is 41.0. The molecule has 1 nitrogen and oxygen atoms in total. The molecule has 1 N–H and O–H groups in total. The average Bonchev–Trinajstić information content (AvgIpc) is 3.07. The number of allylic oxidation sites excluding steroid dienone is 4. The van der Waals surface area contributed by atoms with E-state index in [0.29, 0.717) is 35.2 Å². The molecular weight excluding hydrogens is 364 g/mol. The van der Waals surface area contributed by atoms with E-state index in [4.69, 9.17) is 0 Å². The number of rotatable bonds is 6. The first kappa shape index (κ1) is 22.6. The molecular formula is C29H48O. The Bertz CT molecular complexity index is 672. The highest BCUT2D eigenvalue weighted by atomic mass is 16.3. The molecule has 2 fully saturated rings. The highest BCUT2D eigenvalue weighted by molar-refractivity contribution is 5.34. The average molecular weight is 413 g/mol. The molecule has 0 amide bonds. The van der Waals surface area contributed by atoms with Crippen LogP contribution in [0.2, 0.25) is 0 Å². The lowest BCUT2D eigenvalue weighted by molar-refractivity contribution is 0.0746. The Balaban J connectivity index is 1.54. The first-order valence-corrected chi connectivity index (χ1v) is 13.3. The van der Waals surface area contributed by atoms with Crippen LogP contribution >= 0.6 is 0 Å². The second-order valence-corrected chi connectivity index (χ2v) is 12.3. The lowest BCUT2D eigenvalue weighted by atomic mass is 9.51. The molecule has 4 aliphatic rings. The molecule has 0 heterocycles. The Kier molecular flexibility index (Phi) is 6.61. The topological polar surface area (TPSA) is 20.2 Å². The molecule has 1 unspecified atom stereocenters. The highest BCUT2D eigenvalue weighted by Gasteiger charge is 2.55. The van der Waals surface area contributed by atoms with Gasteiger partial charge in [-0.3, -0.25) is 0 Å². The van der Waals surface area contributed by atoms with Gasteiger partial charge in [0.2, 0.25) is 0 Å². The number of fused-ring (bicyclic) bond motifs is 4. The predicted molar refractivity (Wildman–Crippen MR) is 128 cm³/mol. The van der Waals surface area contributed by atoms with Crippen LogP contribution < -0.4 is 0 Å². The second kappa shape index (κ2) is 8.76. The Morgan fingerprint density at radius 3 is 2.50 bits per heavy atom. The van der Waals surface area contributed by atoms with Gasteiger partial charge in [-0.25, -0.2) is 0 Å². The largest absolute Gasteiger partial charge is 0.396 e. The van der Waals surface area contributed by atoms with Gasteiger partial charge in [-0.15, -0.1) is 0 Å². The third-order valence-corrected chi connectivity index (χ3v) is 10.6. The van der Waals surface area contributed by atoms with Crippen molar-refractivity contribution in [2.45, 2.75) is 105 Å². The number of aliphatic hydroxyl groups excluding tert-OH is 1. The summed E-state index contributed by atoms with van der Waals surface area (Å²) in [7, 11) is 0. The van der Waals surface area contributed by atoms with E-state index in [2.05, 4.69) is 46.8 Å². The quantitative estimate of drug-likeness (QED) is 0.439. The molecule has 30 heavy (non-hydrogen) atoms. The van der Waals surface area contributed by atoms with Crippen molar-refractivity contribution < 1.29 is 5.11 Å². The summed E-state index contributed by atoms with van der Waals surface area (Å²) in [5.74, 6) is 4.45. The van der Waals surface area contributed by atoms with Crippen LogP contribution in [0.1, 0.15) is 105 Å². The first-order valence-electron chi connectivity index (χ1n) is 13.3. The standard InChI is InChI=1S/C29H48O/c1-20(2)22(16-19-30)10-9-21(3)25-13-14-26-24-12-11-23-8-6-7-17-28(23,4)27(24)15-18-29(25,26)5/h9-10,20-23,25-26,30H,6-8,11-19H2,1-5H3/t21-,22-,23?,25-,26+,28+,29-/m1/s1. The van der Waals surface area contributed by atoms with Crippen molar-refractivity contribution in [3.05, 3.63) is 23.3 Å². The van der Waals surface area contributed by atoms with E-state index >= 15 is 0 Å². The van der Waals surface area contributed by atoms with E-state index in [-0.39, 0.29) is 0 Å². The van der Waals surface area contributed by atoms with Crippen molar-refractivity contribution in [1.29, 1.82) is 0 Å². The van der Waals surface area contributed by atoms with Crippen LogP contribution in [-0.4, -0.2) is 11.7 Å². The fourth-order valence-corrected chi connectivity index (χ4v) is 8.65. The first-order chi connectivity index (χ1) is 14.3. The summed E-state index contributed by atoms with van der Waals surface area (Å²) >= 11 is 0. The summed E-state index contributed by atoms with van der Waals surface area (Å²) < 4.78 is 0. The molecule has 4 rings (SSSR count). The van der Waals surface area contributed by atoms with Crippen LogP contribution in [0.25, 0.3) is 0 Å². The molecule has 0 spiro atoms. The maximum Gasteiger partial charge on any atom is 0.0436 e. The molecule has 2 saturated carbocycles. The van der Waals surface area contributed by atoms with Gasteiger partial charge in [0.05, 0.1) is 0 Å². The molecule has 7 atom stereocenters. The van der Waals surface area contributed by atoms with Gasteiger partial charge in [0.15, 0.2) is 0 Å². The summed E-state index contributed by atoms with van der Waals surface area (Å²) in [5, 5.41) is 9.43. The molecule has 0 radical (unpaired) electrons. The summed E-state index contributed by atoms with van der Waals surface area (Å²) in [6.07, 6.45) is 20.3. The molecule has 0 aromatic heterocycles. The van der Waals surface area contributed by atoms with Gasteiger partial charge in [-0.1, -0.05) is 70.8 Å². The van der Waals surface area contributed by atoms with Crippen LogP contribution in [0.5, 0.6) is 0 Å². The molecule has 0 bridgehead atoms. The van der Waals surface area contributed by atoms with Gasteiger partial charge in [0.25, 0.3) is 0 Å². The van der Waals surface area contributed by atoms with Crippen molar-refractivity contribution in [2.24, 2.45) is 46.3 Å².